The van der Waals surface area contributed by atoms with Crippen molar-refractivity contribution in [1.29, 1.82) is 5.26 Å². The molecule has 0 atom stereocenters. The summed E-state index contributed by atoms with van der Waals surface area (Å²) in [6, 6.07) is 10.4. The van der Waals surface area contributed by atoms with Gasteiger partial charge in [-0.2, -0.15) is 10.4 Å². The summed E-state index contributed by atoms with van der Waals surface area (Å²) in [6.07, 6.45) is 1.66. The zero-order chi connectivity index (χ0) is 30.4. The number of hydrogen-bond donors (Lipinski definition) is 1. The van der Waals surface area contributed by atoms with E-state index in [1.165, 1.54) is 17.8 Å². The van der Waals surface area contributed by atoms with Crippen LogP contribution < -0.4 is 39.8 Å². The fourth-order valence-electron chi connectivity index (χ4n) is 4.02. The second-order valence-electron chi connectivity index (χ2n) is 10.1. The molecule has 0 aliphatic rings. The number of pyridine rings is 1. The quantitative estimate of drug-likeness (QED) is 0.160. The zero-order valence-electron chi connectivity index (χ0n) is 24.4. The number of azo groups is 1. The third-order valence-corrected chi connectivity index (χ3v) is 6.67. The maximum absolute atomic E-state index is 12.0. The molecule has 0 radical (unpaired) electrons. The Balaban J connectivity index is 0.00000616. The van der Waals surface area contributed by atoms with Crippen molar-refractivity contribution in [3.05, 3.63) is 59.2 Å². The number of hydrogen-bond acceptors (Lipinski definition) is 10. The predicted molar refractivity (Wildman–Crippen MR) is 153 cm³/mol. The van der Waals surface area contributed by atoms with E-state index < -0.39 is 21.3 Å². The zero-order valence-corrected chi connectivity index (χ0v) is 27.2. The number of benzene rings is 1. The van der Waals surface area contributed by atoms with Gasteiger partial charge in [0.05, 0.1) is 28.1 Å². The minimum atomic E-state index is -4.33. The number of rotatable bonds is 10. The third-order valence-electron chi connectivity index (χ3n) is 5.88. The van der Waals surface area contributed by atoms with Gasteiger partial charge in [-0.25, -0.2) is 22.9 Å². The summed E-state index contributed by atoms with van der Waals surface area (Å²) in [5, 5.41) is 26.1. The van der Waals surface area contributed by atoms with Crippen molar-refractivity contribution in [2.45, 2.75) is 46.5 Å². The van der Waals surface area contributed by atoms with E-state index in [9.17, 15) is 23.0 Å². The Kier molecular flexibility index (Phi) is 11.9. The first-order valence-electron chi connectivity index (χ1n) is 12.7. The van der Waals surface area contributed by atoms with Crippen molar-refractivity contribution in [1.82, 2.24) is 14.8 Å². The molecule has 0 unspecified atom stereocenters. The maximum Gasteiger partial charge on any atom is 1.00 e. The van der Waals surface area contributed by atoms with Crippen molar-refractivity contribution in [3.63, 3.8) is 0 Å². The normalized spacial score (nSPS) is 11.4. The van der Waals surface area contributed by atoms with Gasteiger partial charge in [-0.1, -0.05) is 32.9 Å². The molecule has 0 saturated heterocycles. The number of amides is 1. The summed E-state index contributed by atoms with van der Waals surface area (Å²) in [5.41, 5.74) is 1.58. The van der Waals surface area contributed by atoms with Gasteiger partial charge in [-0.15, -0.1) is 10.2 Å². The number of carbonyl (C=O) groups excluding carboxylic acids is 1. The SMILES string of the molecule is [C-]#[N+]c1cccnc1-n1nc(C(C)(C)C)c(C#N)c1N=Nc1ccc(N(CC)CCCS(=O)(=O)[O-])cc1NC(C)=O.[Na+]. The van der Waals surface area contributed by atoms with Crippen LogP contribution in [0.3, 0.4) is 0 Å². The minimum Gasteiger partial charge on any atom is -0.748 e. The Morgan fingerprint density at radius 3 is 2.57 bits per heavy atom. The van der Waals surface area contributed by atoms with Crippen molar-refractivity contribution in [2.75, 3.05) is 29.1 Å². The summed E-state index contributed by atoms with van der Waals surface area (Å²) in [6.45, 7) is 17.3. The topological polar surface area (TPSA) is 173 Å². The van der Waals surface area contributed by atoms with E-state index in [1.54, 1.807) is 30.3 Å². The molecule has 0 aliphatic heterocycles. The third kappa shape index (κ3) is 8.67. The van der Waals surface area contributed by atoms with E-state index in [0.717, 1.165) is 0 Å². The molecule has 2 aromatic heterocycles. The molecule has 1 N–H and O–H groups in total. The Morgan fingerprint density at radius 1 is 1.29 bits per heavy atom. The van der Waals surface area contributed by atoms with E-state index in [-0.39, 0.29) is 70.5 Å². The largest absolute Gasteiger partial charge is 1.00 e. The van der Waals surface area contributed by atoms with Crippen molar-refractivity contribution in [2.24, 2.45) is 10.2 Å². The molecule has 0 saturated carbocycles. The van der Waals surface area contributed by atoms with Crippen LogP contribution in [-0.2, 0) is 20.3 Å². The first kappa shape index (κ1) is 34.5. The van der Waals surface area contributed by atoms with Crippen LogP contribution in [0.25, 0.3) is 10.7 Å². The second-order valence-corrected chi connectivity index (χ2v) is 11.6. The molecule has 1 aromatic carbocycles. The first-order valence-corrected chi connectivity index (χ1v) is 14.2. The van der Waals surface area contributed by atoms with Crippen LogP contribution in [0.5, 0.6) is 0 Å². The molecule has 3 rings (SSSR count). The van der Waals surface area contributed by atoms with Crippen molar-refractivity contribution >= 4 is 44.6 Å². The van der Waals surface area contributed by atoms with Gasteiger partial charge in [0.25, 0.3) is 0 Å². The summed E-state index contributed by atoms with van der Waals surface area (Å²) in [7, 11) is -4.33. The fourth-order valence-corrected chi connectivity index (χ4v) is 4.50. The van der Waals surface area contributed by atoms with Gasteiger partial charge in [-0.3, -0.25) is 4.79 Å². The molecule has 0 bridgehead atoms. The number of carbonyl (C=O) groups is 1. The van der Waals surface area contributed by atoms with E-state index >= 15 is 0 Å². The van der Waals surface area contributed by atoms with Gasteiger partial charge in [-0.05, 0) is 31.5 Å². The minimum absolute atomic E-state index is 0. The fraction of sp³-hybridized carbons (Fsp3) is 0.370. The maximum atomic E-state index is 12.0. The Morgan fingerprint density at radius 2 is 2.00 bits per heavy atom. The number of nitrogens with one attached hydrogen (secondary N) is 1. The first-order chi connectivity index (χ1) is 19.3. The molecule has 2 heterocycles. The monoisotopic (exact) mass is 599 g/mol. The molecular weight excluding hydrogens is 569 g/mol. The van der Waals surface area contributed by atoms with Crippen LogP contribution in [0.1, 0.15) is 52.3 Å². The number of aromatic nitrogens is 3. The van der Waals surface area contributed by atoms with Crippen LogP contribution in [0, 0.1) is 17.9 Å². The summed E-state index contributed by atoms with van der Waals surface area (Å²) < 4.78 is 34.4. The van der Waals surface area contributed by atoms with Gasteiger partial charge < -0.3 is 14.8 Å². The average molecular weight is 600 g/mol. The van der Waals surface area contributed by atoms with E-state index in [2.05, 4.69) is 36.5 Å². The van der Waals surface area contributed by atoms with Crippen LogP contribution in [-0.4, -0.2) is 52.5 Å². The van der Waals surface area contributed by atoms with Gasteiger partial charge in [0.2, 0.25) is 11.6 Å². The molecule has 1 amide bonds. The number of nitriles is 1. The van der Waals surface area contributed by atoms with Crippen LogP contribution >= 0.6 is 0 Å². The van der Waals surface area contributed by atoms with Crippen molar-refractivity contribution < 1.29 is 47.3 Å². The van der Waals surface area contributed by atoms with Crippen LogP contribution in [0.15, 0.2) is 46.8 Å². The Labute approximate surface area is 267 Å². The Hall–Kier alpha value is -3.66. The summed E-state index contributed by atoms with van der Waals surface area (Å²) in [4.78, 5) is 21.7. The molecule has 0 spiro atoms. The number of nitrogens with zero attached hydrogens (tertiary/aromatic N) is 8. The van der Waals surface area contributed by atoms with Gasteiger partial charge in [0.15, 0.2) is 11.6 Å². The smallest absolute Gasteiger partial charge is 0.748 e. The summed E-state index contributed by atoms with van der Waals surface area (Å²) in [5.74, 6) is -0.565. The average Bonchev–Trinajstić information content (AvgIpc) is 3.28. The molecule has 15 heteroatoms. The van der Waals surface area contributed by atoms with Crippen LogP contribution in [0.4, 0.5) is 28.6 Å². The molecule has 214 valence electrons. The molecule has 0 fully saturated rings. The molecule has 3 aromatic rings. The van der Waals surface area contributed by atoms with Gasteiger partial charge in [0, 0.05) is 43.1 Å². The Bertz CT molecular complexity index is 1670. The summed E-state index contributed by atoms with van der Waals surface area (Å²) >= 11 is 0. The van der Waals surface area contributed by atoms with Crippen molar-refractivity contribution in [3.8, 4) is 11.9 Å². The predicted octanol–water partition coefficient (Wildman–Crippen LogP) is 2.13. The number of anilines is 2. The molecule has 0 aliphatic carbocycles. The molecular formula is C27H30N9NaO4S. The second kappa shape index (κ2) is 14.5. The molecule has 13 nitrogen and oxygen atoms in total. The molecule has 42 heavy (non-hydrogen) atoms. The standard InChI is InChI=1S/C27H31N9O4S.Na/c1-7-35(14-9-15-41(38,39)40)19-11-12-21(23(16-19)31-18(2)37)32-33-25-20(17-28)24(27(3,4)5)34-36(25)26-22(29-6)10-8-13-30-26;/h8,10-13,16H,7,9,14-15H2,1-5H3,(H,31,37)(H,38,39,40);/q;+1/p-1. The van der Waals surface area contributed by atoms with Crippen LogP contribution in [0.2, 0.25) is 0 Å². The van der Waals surface area contributed by atoms with E-state index in [4.69, 9.17) is 6.57 Å². The van der Waals surface area contributed by atoms with Gasteiger partial charge in [0.1, 0.15) is 17.3 Å². The van der Waals surface area contributed by atoms with E-state index in [1.807, 2.05) is 32.6 Å². The van der Waals surface area contributed by atoms with Gasteiger partial charge >= 0.3 is 29.6 Å². The van der Waals surface area contributed by atoms with E-state index in [0.29, 0.717) is 30.2 Å².